The van der Waals surface area contributed by atoms with Gasteiger partial charge in [0.25, 0.3) is 0 Å². The van der Waals surface area contributed by atoms with Gasteiger partial charge in [-0.05, 0) is 35.9 Å². The molecular weight excluding hydrogens is 395 g/mol. The summed E-state index contributed by atoms with van der Waals surface area (Å²) in [7, 11) is -3.81. The standard InChI is InChI=1S/C15H13ClF3N3O3S/c16-13-6-3-10(7-12(13)15(17,18)19)22-14(23)21-8-9-1-4-11(5-2-9)26(20,24)25/h1-7H,8H2,(H2,20,24,25)(H2,21,22,23). The normalized spacial score (nSPS) is 11.9. The van der Waals surface area contributed by atoms with E-state index < -0.39 is 32.8 Å². The van der Waals surface area contributed by atoms with E-state index in [1.54, 1.807) is 0 Å². The molecule has 0 saturated heterocycles. The van der Waals surface area contributed by atoms with Crippen molar-refractivity contribution < 1.29 is 26.4 Å². The number of rotatable bonds is 4. The zero-order valence-electron chi connectivity index (χ0n) is 13.0. The van der Waals surface area contributed by atoms with E-state index in [4.69, 9.17) is 16.7 Å². The van der Waals surface area contributed by atoms with Crippen LogP contribution in [0.1, 0.15) is 11.1 Å². The van der Waals surface area contributed by atoms with Gasteiger partial charge in [-0.2, -0.15) is 13.2 Å². The monoisotopic (exact) mass is 407 g/mol. The maximum atomic E-state index is 12.8. The molecule has 6 nitrogen and oxygen atoms in total. The molecule has 11 heteroatoms. The van der Waals surface area contributed by atoms with E-state index in [0.29, 0.717) is 5.56 Å². The molecule has 140 valence electrons. The lowest BCUT2D eigenvalue weighted by Gasteiger charge is -2.12. The van der Waals surface area contributed by atoms with Crippen molar-refractivity contribution in [1.82, 2.24) is 5.32 Å². The van der Waals surface area contributed by atoms with Gasteiger partial charge >= 0.3 is 12.2 Å². The Labute approximate surface area is 152 Å². The van der Waals surface area contributed by atoms with Crippen molar-refractivity contribution in [2.24, 2.45) is 5.14 Å². The summed E-state index contributed by atoms with van der Waals surface area (Å²) in [6.45, 7) is 0.0243. The van der Waals surface area contributed by atoms with Crippen molar-refractivity contribution >= 4 is 33.3 Å². The summed E-state index contributed by atoms with van der Waals surface area (Å²) in [5.74, 6) is 0. The van der Waals surface area contributed by atoms with Gasteiger partial charge in [0.15, 0.2) is 0 Å². The number of amides is 2. The van der Waals surface area contributed by atoms with Crippen LogP contribution in [0.5, 0.6) is 0 Å². The number of alkyl halides is 3. The molecule has 2 rings (SSSR count). The summed E-state index contributed by atoms with van der Waals surface area (Å²) in [6.07, 6.45) is -4.64. The number of carbonyl (C=O) groups excluding carboxylic acids is 1. The number of hydrogen-bond donors (Lipinski definition) is 3. The van der Waals surface area contributed by atoms with Gasteiger partial charge in [0, 0.05) is 12.2 Å². The molecule has 4 N–H and O–H groups in total. The van der Waals surface area contributed by atoms with Crippen LogP contribution in [0.3, 0.4) is 0 Å². The number of hydrogen-bond acceptors (Lipinski definition) is 3. The molecule has 0 unspecified atom stereocenters. The van der Waals surface area contributed by atoms with E-state index in [2.05, 4.69) is 10.6 Å². The van der Waals surface area contributed by atoms with Crippen molar-refractivity contribution in [3.05, 3.63) is 58.6 Å². The van der Waals surface area contributed by atoms with E-state index in [1.165, 1.54) is 30.3 Å². The average molecular weight is 408 g/mol. The maximum absolute atomic E-state index is 12.8. The third kappa shape index (κ3) is 5.35. The summed E-state index contributed by atoms with van der Waals surface area (Å²) in [4.78, 5) is 11.7. The van der Waals surface area contributed by atoms with E-state index >= 15 is 0 Å². The van der Waals surface area contributed by atoms with E-state index in [9.17, 15) is 26.4 Å². The molecule has 0 atom stereocenters. The van der Waals surface area contributed by atoms with Crippen LogP contribution in [0.2, 0.25) is 5.02 Å². The van der Waals surface area contributed by atoms with Crippen LogP contribution in [0, 0.1) is 0 Å². The summed E-state index contributed by atoms with van der Waals surface area (Å²) < 4.78 is 60.7. The molecule has 0 radical (unpaired) electrons. The Morgan fingerprint density at radius 2 is 1.73 bits per heavy atom. The highest BCUT2D eigenvalue weighted by Gasteiger charge is 2.33. The third-order valence-electron chi connectivity index (χ3n) is 3.23. The summed E-state index contributed by atoms with van der Waals surface area (Å²) in [5.41, 5.74) is -0.570. The third-order valence-corrected chi connectivity index (χ3v) is 4.49. The fourth-order valence-electron chi connectivity index (χ4n) is 1.97. The predicted molar refractivity (Wildman–Crippen MR) is 90.1 cm³/mol. The highest BCUT2D eigenvalue weighted by molar-refractivity contribution is 7.89. The van der Waals surface area contributed by atoms with E-state index in [1.807, 2.05) is 0 Å². The number of carbonyl (C=O) groups is 1. The fourth-order valence-corrected chi connectivity index (χ4v) is 2.72. The Kier molecular flexibility index (Phi) is 5.79. The highest BCUT2D eigenvalue weighted by Crippen LogP contribution is 2.36. The summed E-state index contributed by atoms with van der Waals surface area (Å²) in [5, 5.41) is 9.19. The summed E-state index contributed by atoms with van der Waals surface area (Å²) >= 11 is 5.50. The predicted octanol–water partition coefficient (Wildman–Crippen LogP) is 3.33. The smallest absolute Gasteiger partial charge is 0.334 e. The van der Waals surface area contributed by atoms with Gasteiger partial charge in [-0.15, -0.1) is 0 Å². The maximum Gasteiger partial charge on any atom is 0.417 e. The summed E-state index contributed by atoms with van der Waals surface area (Å²) in [6, 6.07) is 7.70. The first-order chi connectivity index (χ1) is 12.0. The number of primary sulfonamides is 1. The molecule has 0 heterocycles. The first-order valence-corrected chi connectivity index (χ1v) is 8.92. The molecule has 0 bridgehead atoms. The molecule has 0 aliphatic heterocycles. The van der Waals surface area contributed by atoms with Gasteiger partial charge < -0.3 is 10.6 Å². The molecule has 0 saturated carbocycles. The Morgan fingerprint density at radius 1 is 1.12 bits per heavy atom. The van der Waals surface area contributed by atoms with E-state index in [-0.39, 0.29) is 17.1 Å². The van der Waals surface area contributed by atoms with Crippen LogP contribution >= 0.6 is 11.6 Å². The van der Waals surface area contributed by atoms with Gasteiger partial charge in [0.1, 0.15) is 0 Å². The zero-order chi connectivity index (χ0) is 19.5. The Balaban J connectivity index is 1.99. The SMILES string of the molecule is NS(=O)(=O)c1ccc(CNC(=O)Nc2ccc(Cl)c(C(F)(F)F)c2)cc1. The fraction of sp³-hybridized carbons (Fsp3) is 0.133. The molecule has 0 fully saturated rings. The Morgan fingerprint density at radius 3 is 2.27 bits per heavy atom. The minimum Gasteiger partial charge on any atom is -0.334 e. The number of benzene rings is 2. The molecular formula is C15H13ClF3N3O3S. The van der Waals surface area contributed by atoms with Crippen LogP contribution in [0.15, 0.2) is 47.4 Å². The highest BCUT2D eigenvalue weighted by atomic mass is 35.5. The minimum atomic E-state index is -4.64. The van der Waals surface area contributed by atoms with Crippen molar-refractivity contribution in [2.75, 3.05) is 5.32 Å². The second-order valence-corrected chi connectivity index (χ2v) is 7.16. The number of halogens is 4. The number of urea groups is 1. The van der Waals surface area contributed by atoms with Crippen LogP contribution < -0.4 is 15.8 Å². The molecule has 0 aromatic heterocycles. The molecule has 0 spiro atoms. The molecule has 0 aliphatic carbocycles. The first kappa shape index (κ1) is 20.0. The molecule has 2 amide bonds. The van der Waals surface area contributed by atoms with Crippen LogP contribution in [-0.4, -0.2) is 14.4 Å². The number of sulfonamides is 1. The molecule has 2 aromatic rings. The van der Waals surface area contributed by atoms with Crippen molar-refractivity contribution in [2.45, 2.75) is 17.6 Å². The lowest BCUT2D eigenvalue weighted by atomic mass is 10.2. The lowest BCUT2D eigenvalue weighted by Crippen LogP contribution is -2.28. The molecule has 2 aromatic carbocycles. The molecule has 26 heavy (non-hydrogen) atoms. The topological polar surface area (TPSA) is 101 Å². The first-order valence-electron chi connectivity index (χ1n) is 7.00. The van der Waals surface area contributed by atoms with Gasteiger partial charge in [0.2, 0.25) is 10.0 Å². The molecule has 0 aliphatic rings. The van der Waals surface area contributed by atoms with Gasteiger partial charge in [-0.3, -0.25) is 0 Å². The van der Waals surface area contributed by atoms with Crippen LogP contribution in [0.25, 0.3) is 0 Å². The van der Waals surface area contributed by atoms with Crippen LogP contribution in [0.4, 0.5) is 23.7 Å². The second-order valence-electron chi connectivity index (χ2n) is 5.19. The minimum absolute atomic E-state index is 0.0243. The largest absolute Gasteiger partial charge is 0.417 e. The quantitative estimate of drug-likeness (QED) is 0.724. The Bertz CT molecular complexity index is 916. The zero-order valence-corrected chi connectivity index (χ0v) is 14.5. The van der Waals surface area contributed by atoms with Crippen molar-refractivity contribution in [3.63, 3.8) is 0 Å². The second kappa shape index (κ2) is 7.52. The van der Waals surface area contributed by atoms with Crippen molar-refractivity contribution in [3.8, 4) is 0 Å². The van der Waals surface area contributed by atoms with Gasteiger partial charge in [0.05, 0.1) is 15.5 Å². The average Bonchev–Trinajstić information content (AvgIpc) is 2.53. The lowest BCUT2D eigenvalue weighted by molar-refractivity contribution is -0.137. The van der Waals surface area contributed by atoms with E-state index in [0.717, 1.165) is 12.1 Å². The number of nitrogens with one attached hydrogen (secondary N) is 2. The Hall–Kier alpha value is -2.30. The van der Waals surface area contributed by atoms with Gasteiger partial charge in [-0.25, -0.2) is 18.4 Å². The number of anilines is 1. The number of nitrogens with two attached hydrogens (primary N) is 1. The van der Waals surface area contributed by atoms with Gasteiger partial charge in [-0.1, -0.05) is 23.7 Å². The van der Waals surface area contributed by atoms with Crippen molar-refractivity contribution in [1.29, 1.82) is 0 Å². The van der Waals surface area contributed by atoms with Crippen LogP contribution in [-0.2, 0) is 22.7 Å².